The molecule has 1 unspecified atom stereocenters. The predicted octanol–water partition coefficient (Wildman–Crippen LogP) is 1.12. The Morgan fingerprint density at radius 2 is 1.86 bits per heavy atom. The molecule has 1 heterocycles. The monoisotopic (exact) mass is 319 g/mol. The number of aliphatic hydroxyl groups is 1. The zero-order chi connectivity index (χ0) is 16.6. The molecule has 21 heavy (non-hydrogen) atoms. The molecular formula is C13H21NO6S. The third-order valence-electron chi connectivity index (χ3n) is 3.31. The van der Waals surface area contributed by atoms with Gasteiger partial charge in [-0.3, -0.25) is 0 Å². The van der Waals surface area contributed by atoms with Gasteiger partial charge in [0.15, 0.2) is 0 Å². The van der Waals surface area contributed by atoms with E-state index in [1.54, 1.807) is 0 Å². The van der Waals surface area contributed by atoms with Crippen molar-refractivity contribution in [1.82, 2.24) is 4.72 Å². The van der Waals surface area contributed by atoms with Gasteiger partial charge in [0.25, 0.3) is 0 Å². The number of methoxy groups -OCH3 is 1. The van der Waals surface area contributed by atoms with E-state index in [1.165, 1.54) is 34.6 Å². The van der Waals surface area contributed by atoms with Crippen LogP contribution in [0.25, 0.3) is 0 Å². The second-order valence-corrected chi connectivity index (χ2v) is 7.03. The molecule has 2 N–H and O–H groups in total. The van der Waals surface area contributed by atoms with Crippen molar-refractivity contribution in [2.75, 3.05) is 7.11 Å². The van der Waals surface area contributed by atoms with Crippen LogP contribution in [0.5, 0.6) is 0 Å². The number of nitrogens with one attached hydrogen (secondary N) is 1. The Bertz CT molecular complexity index is 642. The Morgan fingerprint density at radius 1 is 1.33 bits per heavy atom. The summed E-state index contributed by atoms with van der Waals surface area (Å²) in [5.74, 6) is -0.545. The number of esters is 1. The summed E-state index contributed by atoms with van der Waals surface area (Å²) in [4.78, 5) is 11.5. The highest BCUT2D eigenvalue weighted by Crippen LogP contribution is 2.28. The largest absolute Gasteiger partial charge is 0.465 e. The molecule has 8 heteroatoms. The molecule has 0 saturated heterocycles. The standard InChI is InChI=1S/C13H21NO6S/c1-7-10(12(16)19-6)11(8(2)20-7)21(17,18)14-13(4,5)9(3)15/h9,14-15H,1-6H3. The number of hydrogen-bond acceptors (Lipinski definition) is 6. The number of carbonyl (C=O) groups is 1. The molecule has 0 aromatic carbocycles. The van der Waals surface area contributed by atoms with Gasteiger partial charge in [-0.05, 0) is 34.6 Å². The quantitative estimate of drug-likeness (QED) is 0.788. The first-order valence-corrected chi connectivity index (χ1v) is 7.82. The lowest BCUT2D eigenvalue weighted by molar-refractivity contribution is 0.0594. The van der Waals surface area contributed by atoms with Crippen LogP contribution in [0.2, 0.25) is 0 Å². The number of aliphatic hydroxyl groups excluding tert-OH is 1. The predicted molar refractivity (Wildman–Crippen MR) is 75.6 cm³/mol. The summed E-state index contributed by atoms with van der Waals surface area (Å²) in [7, 11) is -2.90. The number of furan rings is 1. The smallest absolute Gasteiger partial charge is 0.342 e. The van der Waals surface area contributed by atoms with E-state index in [9.17, 15) is 18.3 Å². The van der Waals surface area contributed by atoms with Crippen LogP contribution in [0.1, 0.15) is 42.6 Å². The molecule has 7 nitrogen and oxygen atoms in total. The summed E-state index contributed by atoms with van der Waals surface area (Å²) in [6, 6.07) is 0. The molecular weight excluding hydrogens is 298 g/mol. The second kappa shape index (κ2) is 5.78. The number of ether oxygens (including phenoxy) is 1. The Balaban J connectivity index is 3.43. The van der Waals surface area contributed by atoms with Gasteiger partial charge in [-0.2, -0.15) is 0 Å². The van der Waals surface area contributed by atoms with Crippen LogP contribution in [0.15, 0.2) is 9.31 Å². The number of rotatable bonds is 5. The van der Waals surface area contributed by atoms with Crippen molar-refractivity contribution in [2.24, 2.45) is 0 Å². The topological polar surface area (TPSA) is 106 Å². The molecule has 0 spiro atoms. The van der Waals surface area contributed by atoms with Gasteiger partial charge in [-0.15, -0.1) is 0 Å². The normalized spacial score (nSPS) is 14.0. The number of sulfonamides is 1. The van der Waals surface area contributed by atoms with Crippen LogP contribution in [0, 0.1) is 13.8 Å². The van der Waals surface area contributed by atoms with Crippen molar-refractivity contribution in [3.63, 3.8) is 0 Å². The Kier molecular flexibility index (Phi) is 4.87. The van der Waals surface area contributed by atoms with Crippen LogP contribution in [0.3, 0.4) is 0 Å². The Labute approximate surface area is 124 Å². The second-order valence-electron chi connectivity index (χ2n) is 5.41. The van der Waals surface area contributed by atoms with Crippen molar-refractivity contribution in [3.8, 4) is 0 Å². The van der Waals surface area contributed by atoms with Crippen molar-refractivity contribution in [3.05, 3.63) is 17.1 Å². The van der Waals surface area contributed by atoms with Gasteiger partial charge in [0, 0.05) is 0 Å². The van der Waals surface area contributed by atoms with Crippen molar-refractivity contribution < 1.29 is 27.5 Å². The highest BCUT2D eigenvalue weighted by atomic mass is 32.2. The molecule has 0 aliphatic rings. The van der Waals surface area contributed by atoms with Crippen molar-refractivity contribution in [1.29, 1.82) is 0 Å². The zero-order valence-electron chi connectivity index (χ0n) is 13.0. The summed E-state index contributed by atoms with van der Waals surface area (Å²) >= 11 is 0. The molecule has 0 radical (unpaired) electrons. The van der Waals surface area contributed by atoms with E-state index >= 15 is 0 Å². The average Bonchev–Trinajstić information content (AvgIpc) is 2.62. The SMILES string of the molecule is COC(=O)c1c(C)oc(C)c1S(=O)(=O)NC(C)(C)C(C)O. The maximum Gasteiger partial charge on any atom is 0.342 e. The van der Waals surface area contributed by atoms with Crippen molar-refractivity contribution >= 4 is 16.0 Å². The van der Waals surface area contributed by atoms with E-state index in [0.29, 0.717) is 0 Å². The molecule has 120 valence electrons. The molecule has 1 aromatic rings. The first-order chi connectivity index (χ1) is 9.44. The first kappa shape index (κ1) is 17.7. The van der Waals surface area contributed by atoms with Crippen LogP contribution < -0.4 is 4.72 Å². The van der Waals surface area contributed by atoms with Crippen LogP contribution in [0.4, 0.5) is 0 Å². The third-order valence-corrected chi connectivity index (χ3v) is 5.13. The molecule has 1 rings (SSSR count). The minimum Gasteiger partial charge on any atom is -0.465 e. The molecule has 0 saturated carbocycles. The molecule has 0 amide bonds. The van der Waals surface area contributed by atoms with Gasteiger partial charge >= 0.3 is 5.97 Å². The number of carbonyl (C=O) groups excluding carboxylic acids is 1. The molecule has 0 aliphatic heterocycles. The van der Waals surface area contributed by atoms with Gasteiger partial charge in [-0.1, -0.05) is 0 Å². The van der Waals surface area contributed by atoms with Crippen LogP contribution in [-0.4, -0.2) is 38.2 Å². The minimum absolute atomic E-state index is 0.0850. The van der Waals surface area contributed by atoms with Gasteiger partial charge in [0.1, 0.15) is 22.0 Å². The first-order valence-electron chi connectivity index (χ1n) is 6.34. The van der Waals surface area contributed by atoms with Gasteiger partial charge in [-0.25, -0.2) is 17.9 Å². The Morgan fingerprint density at radius 3 is 2.29 bits per heavy atom. The average molecular weight is 319 g/mol. The van der Waals surface area contributed by atoms with E-state index in [2.05, 4.69) is 9.46 Å². The molecule has 1 atom stereocenters. The van der Waals surface area contributed by atoms with E-state index in [1.807, 2.05) is 0 Å². The van der Waals surface area contributed by atoms with Gasteiger partial charge in [0.05, 0.1) is 18.8 Å². The lowest BCUT2D eigenvalue weighted by atomic mass is 10.0. The summed E-state index contributed by atoms with van der Waals surface area (Å²) in [5, 5.41) is 9.65. The fourth-order valence-electron chi connectivity index (χ4n) is 1.81. The van der Waals surface area contributed by atoms with Gasteiger partial charge in [0.2, 0.25) is 10.0 Å². The molecule has 0 bridgehead atoms. The molecule has 1 aromatic heterocycles. The molecule has 0 fully saturated rings. The maximum atomic E-state index is 12.5. The van der Waals surface area contributed by atoms with Crippen molar-refractivity contribution in [2.45, 2.75) is 51.2 Å². The third kappa shape index (κ3) is 3.45. The number of aryl methyl sites for hydroxylation is 2. The van der Waals surface area contributed by atoms with E-state index in [4.69, 9.17) is 4.42 Å². The van der Waals surface area contributed by atoms with Crippen LogP contribution in [-0.2, 0) is 14.8 Å². The lowest BCUT2D eigenvalue weighted by Gasteiger charge is -2.28. The van der Waals surface area contributed by atoms with Gasteiger partial charge < -0.3 is 14.3 Å². The molecule has 0 aliphatic carbocycles. The fraction of sp³-hybridized carbons (Fsp3) is 0.615. The highest BCUT2D eigenvalue weighted by molar-refractivity contribution is 7.89. The summed E-state index contributed by atoms with van der Waals surface area (Å²) in [5.41, 5.74) is -1.24. The fourth-order valence-corrected chi connectivity index (χ4v) is 3.69. The number of hydrogen-bond donors (Lipinski definition) is 2. The summed E-state index contributed by atoms with van der Waals surface area (Å²) in [6.45, 7) is 7.48. The van der Waals surface area contributed by atoms with E-state index in [-0.39, 0.29) is 22.0 Å². The van der Waals surface area contributed by atoms with E-state index < -0.39 is 27.6 Å². The summed E-state index contributed by atoms with van der Waals surface area (Å²) in [6.07, 6.45) is -0.929. The van der Waals surface area contributed by atoms with E-state index in [0.717, 1.165) is 7.11 Å². The zero-order valence-corrected chi connectivity index (χ0v) is 13.8. The maximum absolute atomic E-state index is 12.5. The van der Waals surface area contributed by atoms with Crippen LogP contribution >= 0.6 is 0 Å². The lowest BCUT2D eigenvalue weighted by Crippen LogP contribution is -2.51. The highest BCUT2D eigenvalue weighted by Gasteiger charge is 2.36. The minimum atomic E-state index is -4.06. The summed E-state index contributed by atoms with van der Waals surface area (Å²) < 4.78 is 37.3. The Hall–Kier alpha value is -1.38.